The molecule has 0 atom stereocenters. The normalized spacial score (nSPS) is 10.9. The van der Waals surface area contributed by atoms with Crippen LogP contribution in [0.2, 0.25) is 0 Å². The lowest BCUT2D eigenvalue weighted by atomic mass is 10.0. The third kappa shape index (κ3) is 19.2. The number of ether oxygens (including phenoxy) is 8. The van der Waals surface area contributed by atoms with Crippen molar-refractivity contribution in [1.29, 1.82) is 0 Å². The van der Waals surface area contributed by atoms with Gasteiger partial charge in [-0.15, -0.1) is 0 Å². The predicted octanol–water partition coefficient (Wildman–Crippen LogP) is 12.9. The number of nitrogens with one attached hydrogen (secondary N) is 1. The Morgan fingerprint density at radius 3 is 1.35 bits per heavy atom. The molecule has 0 unspecified atom stereocenters. The number of carbonyl (C=O) groups is 5. The van der Waals surface area contributed by atoms with Gasteiger partial charge >= 0.3 is 29.8 Å². The molecule has 0 aliphatic carbocycles. The van der Waals surface area contributed by atoms with Gasteiger partial charge in [-0.1, -0.05) is 68.3 Å². The highest BCUT2D eigenvalue weighted by Gasteiger charge is 2.20. The van der Waals surface area contributed by atoms with E-state index in [0.29, 0.717) is 56.3 Å². The average molecular weight is 1050 g/mol. The number of rotatable bonds is 34. The summed E-state index contributed by atoms with van der Waals surface area (Å²) < 4.78 is 45.5. The van der Waals surface area contributed by atoms with Gasteiger partial charge in [0.15, 0.2) is 11.5 Å². The van der Waals surface area contributed by atoms with Gasteiger partial charge < -0.3 is 37.9 Å². The van der Waals surface area contributed by atoms with E-state index in [0.717, 1.165) is 110 Å². The van der Waals surface area contributed by atoms with Crippen molar-refractivity contribution in [3.05, 3.63) is 170 Å². The molecular weight excluding hydrogens is 981 g/mol. The van der Waals surface area contributed by atoms with Crippen LogP contribution in [0.3, 0.4) is 0 Å². The van der Waals surface area contributed by atoms with E-state index in [-0.39, 0.29) is 41.6 Å². The summed E-state index contributed by atoms with van der Waals surface area (Å²) in [4.78, 5) is 61.8. The molecule has 6 aromatic carbocycles. The lowest BCUT2D eigenvalue weighted by Gasteiger charge is -2.16. The van der Waals surface area contributed by atoms with E-state index in [1.165, 1.54) is 12.3 Å². The number of unbranched alkanes of at least 4 members (excludes halogenated alkanes) is 9. The minimum absolute atomic E-state index is 0.0564. The van der Waals surface area contributed by atoms with Gasteiger partial charge in [0.25, 0.3) is 0 Å². The second-order valence-corrected chi connectivity index (χ2v) is 17.6. The van der Waals surface area contributed by atoms with Crippen molar-refractivity contribution >= 4 is 63.3 Å². The molecule has 0 spiro atoms. The van der Waals surface area contributed by atoms with Crippen molar-refractivity contribution in [2.24, 2.45) is 5.10 Å². The molecule has 0 saturated heterocycles. The fourth-order valence-corrected chi connectivity index (χ4v) is 7.88. The Labute approximate surface area is 449 Å². The van der Waals surface area contributed by atoms with Crippen molar-refractivity contribution in [3.63, 3.8) is 0 Å². The Morgan fingerprint density at radius 1 is 0.429 bits per heavy atom. The molecule has 0 bridgehead atoms. The van der Waals surface area contributed by atoms with E-state index in [1.54, 1.807) is 54.6 Å². The molecule has 15 nitrogen and oxygen atoms in total. The number of esters is 5. The molecule has 0 radical (unpaired) electrons. The monoisotopic (exact) mass is 1050 g/mol. The van der Waals surface area contributed by atoms with Crippen molar-refractivity contribution in [2.75, 3.05) is 45.1 Å². The molecule has 15 heteroatoms. The molecule has 402 valence electrons. The third-order valence-electron chi connectivity index (χ3n) is 12.0. The van der Waals surface area contributed by atoms with E-state index >= 15 is 0 Å². The van der Waals surface area contributed by atoms with E-state index in [2.05, 4.69) is 42.4 Å². The van der Waals surface area contributed by atoms with Crippen LogP contribution in [-0.4, -0.2) is 75.7 Å². The van der Waals surface area contributed by atoms with Crippen molar-refractivity contribution in [2.45, 2.75) is 77.0 Å². The van der Waals surface area contributed by atoms with Crippen molar-refractivity contribution < 1.29 is 61.9 Å². The molecule has 0 amide bonds. The van der Waals surface area contributed by atoms with Crippen molar-refractivity contribution in [1.82, 2.24) is 0 Å². The maximum atomic E-state index is 13.9. The summed E-state index contributed by atoms with van der Waals surface area (Å²) in [6, 6.07) is 34.4. The first-order valence-corrected chi connectivity index (χ1v) is 25.9. The molecule has 1 N–H and O–H groups in total. The standard InChI is InChI=1S/C62H66N2O13/c1-4-58(65)73-38-20-10-7-17-35-70-49-31-27-45(28-32-49)61(68)76-55-43-56(72-37-19-9-12-22-40-75-60(67)6-3)57(77-62(69)46-29-33-50(34-30-46)71-36-18-8-11-21-39-74-59(66)5-2)42-48(55)44-63-64-54-41-47-23-13-14-24-51(47)52-25-15-16-26-53(52)54/h4-6,13-16,23-34,41-44,64H,1-3,7-12,17-22,35-40H2/b63-44+. The summed E-state index contributed by atoms with van der Waals surface area (Å²) in [5.41, 5.74) is 4.73. The maximum absolute atomic E-state index is 13.9. The van der Waals surface area contributed by atoms with E-state index in [9.17, 15) is 24.0 Å². The Bertz CT molecular complexity index is 2970. The van der Waals surface area contributed by atoms with Crippen LogP contribution in [0.15, 0.2) is 158 Å². The summed E-state index contributed by atoms with van der Waals surface area (Å²) in [5.74, 6) is -1.23. The molecule has 0 fully saturated rings. The van der Waals surface area contributed by atoms with Crippen LogP contribution in [0.25, 0.3) is 21.5 Å². The topological polar surface area (TPSA) is 184 Å². The zero-order valence-electron chi connectivity index (χ0n) is 43.4. The minimum Gasteiger partial charge on any atom is -0.494 e. The van der Waals surface area contributed by atoms with Gasteiger partial charge in [0.2, 0.25) is 0 Å². The van der Waals surface area contributed by atoms with E-state index in [1.807, 2.05) is 42.5 Å². The van der Waals surface area contributed by atoms with Gasteiger partial charge in [0.05, 0.1) is 62.7 Å². The summed E-state index contributed by atoms with van der Waals surface area (Å²) in [6.45, 7) is 12.3. The number of benzene rings is 6. The fourth-order valence-electron chi connectivity index (χ4n) is 7.88. The van der Waals surface area contributed by atoms with Crippen LogP contribution in [0.1, 0.15) is 103 Å². The number of hydrazone groups is 1. The van der Waals surface area contributed by atoms with E-state index in [4.69, 9.17) is 37.9 Å². The summed E-state index contributed by atoms with van der Waals surface area (Å²) in [6.07, 6.45) is 14.3. The van der Waals surface area contributed by atoms with Crippen LogP contribution < -0.4 is 29.1 Å². The highest BCUT2D eigenvalue weighted by Crippen LogP contribution is 2.37. The number of hydrogen-bond acceptors (Lipinski definition) is 15. The predicted molar refractivity (Wildman–Crippen MR) is 297 cm³/mol. The molecule has 6 rings (SSSR count). The van der Waals surface area contributed by atoms with Gasteiger partial charge in [-0.05, 0) is 154 Å². The number of hydrogen-bond donors (Lipinski definition) is 1. The van der Waals surface area contributed by atoms with Gasteiger partial charge in [-0.2, -0.15) is 5.10 Å². The van der Waals surface area contributed by atoms with Crippen LogP contribution in [0, 0.1) is 0 Å². The summed E-state index contributed by atoms with van der Waals surface area (Å²) >= 11 is 0. The molecule has 0 aliphatic heterocycles. The first-order valence-electron chi connectivity index (χ1n) is 25.9. The van der Waals surface area contributed by atoms with Crippen molar-refractivity contribution in [3.8, 4) is 28.7 Å². The highest BCUT2D eigenvalue weighted by atomic mass is 16.6. The molecule has 0 saturated carbocycles. The number of nitrogens with zero attached hydrogens (tertiary/aromatic N) is 1. The Kier molecular flexibility index (Phi) is 23.8. The SMILES string of the molecule is C=CC(=O)OCCCCCCOc1ccc(C(=O)Oc2cc(OCCCCCCOC(=O)C=C)c(OC(=O)c3ccc(OCCCCCCOC(=O)C=C)cc3)cc2/C=N/Nc2cc3ccccc3c3ccccc23)cc1. The molecule has 77 heavy (non-hydrogen) atoms. The Balaban J connectivity index is 1.20. The lowest BCUT2D eigenvalue weighted by molar-refractivity contribution is -0.138. The molecule has 6 aromatic rings. The summed E-state index contributed by atoms with van der Waals surface area (Å²) in [5, 5.41) is 8.72. The van der Waals surface area contributed by atoms with E-state index < -0.39 is 29.8 Å². The Morgan fingerprint density at radius 2 is 0.857 bits per heavy atom. The number of carbonyl (C=O) groups excluding carboxylic acids is 5. The van der Waals surface area contributed by atoms with Crippen LogP contribution in [-0.2, 0) is 28.6 Å². The van der Waals surface area contributed by atoms with Gasteiger partial charge in [0.1, 0.15) is 17.2 Å². The molecular formula is C62H66N2O13. The van der Waals surface area contributed by atoms with Gasteiger partial charge in [0, 0.05) is 35.2 Å². The first-order chi connectivity index (χ1) is 37.6. The number of anilines is 1. The molecule has 0 aliphatic rings. The summed E-state index contributed by atoms with van der Waals surface area (Å²) in [7, 11) is 0. The van der Waals surface area contributed by atoms with Gasteiger partial charge in [-0.3, -0.25) is 5.43 Å². The second-order valence-electron chi connectivity index (χ2n) is 17.6. The third-order valence-corrected chi connectivity index (χ3v) is 12.0. The average Bonchev–Trinajstić information content (AvgIpc) is 3.47. The number of fused-ring (bicyclic) bond motifs is 3. The van der Waals surface area contributed by atoms with Crippen LogP contribution >= 0.6 is 0 Å². The zero-order valence-corrected chi connectivity index (χ0v) is 43.4. The lowest BCUT2D eigenvalue weighted by Crippen LogP contribution is -2.13. The highest BCUT2D eigenvalue weighted by molar-refractivity contribution is 6.13. The molecule has 0 heterocycles. The molecule has 0 aromatic heterocycles. The fraction of sp³-hybridized carbons (Fsp3) is 0.290. The van der Waals surface area contributed by atoms with Gasteiger partial charge in [-0.25, -0.2) is 24.0 Å². The maximum Gasteiger partial charge on any atom is 0.343 e. The first kappa shape index (κ1) is 57.6. The van der Waals surface area contributed by atoms with Crippen LogP contribution in [0.5, 0.6) is 28.7 Å². The van der Waals surface area contributed by atoms with Crippen LogP contribution in [0.4, 0.5) is 5.69 Å². The largest absolute Gasteiger partial charge is 0.494 e. The quantitative estimate of drug-likeness (QED) is 0.00588. The smallest absolute Gasteiger partial charge is 0.343 e. The zero-order chi connectivity index (χ0) is 54.5. The Hall–Kier alpha value is -8.72. The minimum atomic E-state index is -0.671. The second kappa shape index (κ2) is 31.9.